The highest BCUT2D eigenvalue weighted by molar-refractivity contribution is 6.30. The summed E-state index contributed by atoms with van der Waals surface area (Å²) in [6, 6.07) is 21.6. The zero-order valence-electron chi connectivity index (χ0n) is 14.7. The number of hydrogen-bond donors (Lipinski definition) is 0. The predicted molar refractivity (Wildman–Crippen MR) is 110 cm³/mol. The summed E-state index contributed by atoms with van der Waals surface area (Å²) >= 11 is 5.95. The van der Waals surface area contributed by atoms with Crippen LogP contribution < -0.4 is 0 Å². The van der Waals surface area contributed by atoms with E-state index in [1.54, 1.807) is 18.2 Å². The largest absolute Gasteiger partial charge is 0.206 e. The van der Waals surface area contributed by atoms with E-state index in [4.69, 9.17) is 11.6 Å². The summed E-state index contributed by atoms with van der Waals surface area (Å²) in [5.74, 6) is -0.206. The van der Waals surface area contributed by atoms with Crippen molar-refractivity contribution in [2.75, 3.05) is 0 Å². The summed E-state index contributed by atoms with van der Waals surface area (Å²) in [5.41, 5.74) is 2.79. The first kappa shape index (κ1) is 17.1. The Morgan fingerprint density at radius 2 is 1.54 bits per heavy atom. The van der Waals surface area contributed by atoms with Crippen LogP contribution in [0.25, 0.3) is 32.7 Å². The van der Waals surface area contributed by atoms with Crippen molar-refractivity contribution in [2.24, 2.45) is 0 Å². The number of halogens is 2. The fraction of sp³-hybridized carbons (Fsp3) is 0.167. The van der Waals surface area contributed by atoms with Gasteiger partial charge < -0.3 is 0 Å². The van der Waals surface area contributed by atoms with Crippen LogP contribution in [-0.4, -0.2) is 0 Å². The molecule has 0 unspecified atom stereocenters. The van der Waals surface area contributed by atoms with E-state index in [-0.39, 0.29) is 5.82 Å². The van der Waals surface area contributed by atoms with E-state index in [9.17, 15) is 4.39 Å². The van der Waals surface area contributed by atoms with Crippen LogP contribution in [0.1, 0.15) is 25.3 Å². The summed E-state index contributed by atoms with van der Waals surface area (Å²) in [6.45, 7) is 2.20. The van der Waals surface area contributed by atoms with E-state index in [2.05, 4.69) is 37.3 Å². The minimum absolute atomic E-state index is 0.206. The highest BCUT2D eigenvalue weighted by atomic mass is 35.5. The molecule has 4 aromatic rings. The molecule has 0 saturated carbocycles. The third-order valence-corrected chi connectivity index (χ3v) is 5.21. The van der Waals surface area contributed by atoms with Gasteiger partial charge in [-0.1, -0.05) is 67.4 Å². The SMILES string of the molecule is CCCCc1ccc2c(ccc3cc(-c4ccc(Cl)cc4)c(F)cc32)c1. The van der Waals surface area contributed by atoms with Crippen molar-refractivity contribution in [2.45, 2.75) is 26.2 Å². The molecular weight excluding hydrogens is 343 g/mol. The van der Waals surface area contributed by atoms with Gasteiger partial charge in [0, 0.05) is 10.6 Å². The minimum atomic E-state index is -0.206. The van der Waals surface area contributed by atoms with Crippen molar-refractivity contribution in [3.8, 4) is 11.1 Å². The Labute approximate surface area is 158 Å². The van der Waals surface area contributed by atoms with Crippen LogP contribution in [0.3, 0.4) is 0 Å². The fourth-order valence-electron chi connectivity index (χ4n) is 3.52. The van der Waals surface area contributed by atoms with E-state index >= 15 is 0 Å². The number of rotatable bonds is 4. The molecule has 2 heteroatoms. The summed E-state index contributed by atoms with van der Waals surface area (Å²) in [7, 11) is 0. The van der Waals surface area contributed by atoms with Gasteiger partial charge in [0.25, 0.3) is 0 Å². The Balaban J connectivity index is 1.84. The van der Waals surface area contributed by atoms with Crippen molar-refractivity contribution in [1.29, 1.82) is 0 Å². The monoisotopic (exact) mass is 362 g/mol. The Kier molecular flexibility index (Phi) is 4.65. The zero-order chi connectivity index (χ0) is 18.1. The Morgan fingerprint density at radius 1 is 0.808 bits per heavy atom. The van der Waals surface area contributed by atoms with Gasteiger partial charge in [-0.25, -0.2) is 4.39 Å². The van der Waals surface area contributed by atoms with Gasteiger partial charge in [0.2, 0.25) is 0 Å². The smallest absolute Gasteiger partial charge is 0.131 e. The first-order valence-corrected chi connectivity index (χ1v) is 9.44. The molecule has 130 valence electrons. The summed E-state index contributed by atoms with van der Waals surface area (Å²) in [6.07, 6.45) is 3.47. The Morgan fingerprint density at radius 3 is 2.27 bits per heavy atom. The Hall–Kier alpha value is -2.38. The predicted octanol–water partition coefficient (Wildman–Crippen LogP) is 7.80. The van der Waals surface area contributed by atoms with Crippen LogP contribution in [0.15, 0.2) is 66.7 Å². The van der Waals surface area contributed by atoms with Crippen molar-refractivity contribution in [3.63, 3.8) is 0 Å². The van der Waals surface area contributed by atoms with Gasteiger partial charge in [-0.2, -0.15) is 0 Å². The quantitative estimate of drug-likeness (QED) is 0.325. The first-order chi connectivity index (χ1) is 12.7. The van der Waals surface area contributed by atoms with E-state index in [0.29, 0.717) is 10.6 Å². The van der Waals surface area contributed by atoms with E-state index < -0.39 is 0 Å². The average molecular weight is 363 g/mol. The molecule has 0 aliphatic heterocycles. The number of hydrogen-bond acceptors (Lipinski definition) is 0. The van der Waals surface area contributed by atoms with Gasteiger partial charge in [0.15, 0.2) is 0 Å². The highest BCUT2D eigenvalue weighted by Crippen LogP contribution is 2.33. The number of aryl methyl sites for hydroxylation is 1. The van der Waals surface area contributed by atoms with Crippen molar-refractivity contribution in [3.05, 3.63) is 83.1 Å². The van der Waals surface area contributed by atoms with E-state index in [1.165, 1.54) is 23.8 Å². The van der Waals surface area contributed by atoms with Crippen LogP contribution in [0, 0.1) is 5.82 Å². The van der Waals surface area contributed by atoms with Crippen LogP contribution in [0.5, 0.6) is 0 Å². The van der Waals surface area contributed by atoms with Gasteiger partial charge in [-0.15, -0.1) is 0 Å². The second-order valence-corrected chi connectivity index (χ2v) is 7.22. The normalized spacial score (nSPS) is 11.3. The van der Waals surface area contributed by atoms with Crippen molar-refractivity contribution < 1.29 is 4.39 Å². The molecule has 0 bridgehead atoms. The molecule has 0 radical (unpaired) electrons. The van der Waals surface area contributed by atoms with Gasteiger partial charge >= 0.3 is 0 Å². The van der Waals surface area contributed by atoms with Gasteiger partial charge in [0.1, 0.15) is 5.82 Å². The minimum Gasteiger partial charge on any atom is -0.206 e. The molecule has 0 saturated heterocycles. The average Bonchev–Trinajstić information content (AvgIpc) is 2.66. The lowest BCUT2D eigenvalue weighted by atomic mass is 9.95. The third-order valence-electron chi connectivity index (χ3n) is 4.96. The highest BCUT2D eigenvalue weighted by Gasteiger charge is 2.10. The van der Waals surface area contributed by atoms with Gasteiger partial charge in [-0.05, 0) is 69.8 Å². The zero-order valence-corrected chi connectivity index (χ0v) is 15.5. The number of benzene rings is 4. The van der Waals surface area contributed by atoms with Crippen molar-refractivity contribution in [1.82, 2.24) is 0 Å². The molecule has 0 aliphatic rings. The number of fused-ring (bicyclic) bond motifs is 3. The molecule has 0 nitrogen and oxygen atoms in total. The van der Waals surface area contributed by atoms with Crippen molar-refractivity contribution >= 4 is 33.1 Å². The fourth-order valence-corrected chi connectivity index (χ4v) is 3.65. The summed E-state index contributed by atoms with van der Waals surface area (Å²) in [4.78, 5) is 0. The lowest BCUT2D eigenvalue weighted by molar-refractivity contribution is 0.633. The second kappa shape index (κ2) is 7.09. The maximum absolute atomic E-state index is 14.8. The molecule has 4 aromatic carbocycles. The molecule has 0 amide bonds. The number of unbranched alkanes of at least 4 members (excludes halogenated alkanes) is 1. The molecule has 0 N–H and O–H groups in total. The lowest BCUT2D eigenvalue weighted by Crippen LogP contribution is -1.88. The molecule has 26 heavy (non-hydrogen) atoms. The maximum atomic E-state index is 14.8. The van der Waals surface area contributed by atoms with Crippen LogP contribution in [0.2, 0.25) is 5.02 Å². The topological polar surface area (TPSA) is 0 Å². The second-order valence-electron chi connectivity index (χ2n) is 6.78. The summed E-state index contributed by atoms with van der Waals surface area (Å²) < 4.78 is 14.8. The van der Waals surface area contributed by atoms with Crippen LogP contribution >= 0.6 is 11.6 Å². The molecule has 0 heterocycles. The van der Waals surface area contributed by atoms with Gasteiger partial charge in [0.05, 0.1) is 0 Å². The molecule has 0 spiro atoms. The molecule has 0 atom stereocenters. The first-order valence-electron chi connectivity index (χ1n) is 9.06. The third kappa shape index (κ3) is 3.20. The van der Waals surface area contributed by atoms with E-state index in [0.717, 1.165) is 28.1 Å². The molecular formula is C24H20ClF. The van der Waals surface area contributed by atoms with Gasteiger partial charge in [-0.3, -0.25) is 0 Å². The Bertz CT molecular complexity index is 1080. The standard InChI is InChI=1S/C24H20ClF/c1-2-3-4-16-5-12-21-18(13-16)6-7-19-14-23(24(26)15-22(19)21)17-8-10-20(25)11-9-17/h5-15H,2-4H2,1H3. The van der Waals surface area contributed by atoms with E-state index in [1.807, 2.05) is 18.2 Å². The summed E-state index contributed by atoms with van der Waals surface area (Å²) in [5, 5.41) is 4.93. The maximum Gasteiger partial charge on any atom is 0.131 e. The molecule has 0 fully saturated rings. The van der Waals surface area contributed by atoms with Crippen LogP contribution in [0.4, 0.5) is 4.39 Å². The molecule has 4 rings (SSSR count). The molecule has 0 aliphatic carbocycles. The van der Waals surface area contributed by atoms with Crippen LogP contribution in [-0.2, 0) is 6.42 Å². The lowest BCUT2D eigenvalue weighted by Gasteiger charge is -2.10. The molecule has 0 aromatic heterocycles.